The van der Waals surface area contributed by atoms with E-state index in [1.807, 2.05) is 12.1 Å². The maximum atomic E-state index is 15.0. The minimum atomic E-state index is -1.32. The van der Waals surface area contributed by atoms with Gasteiger partial charge >= 0.3 is 0 Å². The molecule has 0 radical (unpaired) electrons. The van der Waals surface area contributed by atoms with E-state index in [0.717, 1.165) is 42.7 Å². The maximum absolute atomic E-state index is 15.0. The Balaban J connectivity index is 1.42. The predicted molar refractivity (Wildman–Crippen MR) is 146 cm³/mol. The van der Waals surface area contributed by atoms with Gasteiger partial charge in [-0.25, -0.2) is 13.8 Å². The molecule has 0 saturated heterocycles. The van der Waals surface area contributed by atoms with E-state index in [-0.39, 0.29) is 17.2 Å². The fraction of sp³-hybridized carbons (Fsp3) is 0.567. The highest BCUT2D eigenvalue weighted by Gasteiger charge is 2.30. The molecule has 4 rings (SSSR count). The summed E-state index contributed by atoms with van der Waals surface area (Å²) < 4.78 is 52.9. The second-order valence-corrected chi connectivity index (χ2v) is 11.2. The molecule has 1 aliphatic carbocycles. The molecule has 0 aromatic heterocycles. The smallest absolute Gasteiger partial charge is 0.206 e. The molecule has 0 atom stereocenters. The van der Waals surface area contributed by atoms with E-state index in [1.54, 1.807) is 0 Å². The van der Waals surface area contributed by atoms with Gasteiger partial charge in [0.05, 0.1) is 11.5 Å². The molecule has 0 bridgehead atoms. The number of amidine groups is 1. The first-order valence-electron chi connectivity index (χ1n) is 14.0. The van der Waals surface area contributed by atoms with Gasteiger partial charge in [0.25, 0.3) is 0 Å². The molecule has 7 heteroatoms. The van der Waals surface area contributed by atoms with Gasteiger partial charge in [-0.2, -0.15) is 4.39 Å². The number of nitrogens with zero attached hydrogens (tertiary/aromatic N) is 1. The molecular weight excluding hydrogens is 493 g/mol. The highest BCUT2D eigenvalue weighted by molar-refractivity contribution is 7.98. The van der Waals surface area contributed by atoms with E-state index >= 15 is 4.39 Å². The first kappa shape index (κ1) is 27.9. The van der Waals surface area contributed by atoms with Crippen LogP contribution in [0.4, 0.5) is 18.9 Å². The predicted octanol–water partition coefficient (Wildman–Crippen LogP) is 9.61. The third-order valence-corrected chi connectivity index (χ3v) is 8.52. The number of rotatable bonds is 12. The second kappa shape index (κ2) is 13.6. The van der Waals surface area contributed by atoms with Crippen molar-refractivity contribution in [1.29, 1.82) is 0 Å². The number of hydrogen-bond donors (Lipinski definition) is 1. The lowest BCUT2D eigenvalue weighted by atomic mass is 9.77. The summed E-state index contributed by atoms with van der Waals surface area (Å²) in [4.78, 5) is 4.18. The van der Waals surface area contributed by atoms with Crippen molar-refractivity contribution < 1.29 is 17.9 Å². The van der Waals surface area contributed by atoms with Crippen LogP contribution >= 0.6 is 11.9 Å². The summed E-state index contributed by atoms with van der Waals surface area (Å²) in [6, 6.07) is 8.13. The van der Waals surface area contributed by atoms with Crippen molar-refractivity contribution in [2.45, 2.75) is 102 Å². The Hall–Kier alpha value is -2.15. The largest absolute Gasteiger partial charge is 0.488 e. The molecule has 202 valence electrons. The molecule has 37 heavy (non-hydrogen) atoms. The van der Waals surface area contributed by atoms with Gasteiger partial charge in [0.15, 0.2) is 17.4 Å². The number of nitrogens with one attached hydrogen (secondary N) is 1. The molecule has 1 saturated carbocycles. The number of unbranched alkanes of at least 4 members (excludes halogenated alkanes) is 5. The molecule has 1 aliphatic heterocycles. The highest BCUT2D eigenvalue weighted by Crippen LogP contribution is 2.43. The highest BCUT2D eigenvalue weighted by atomic mass is 32.2. The molecule has 2 aromatic rings. The van der Waals surface area contributed by atoms with Crippen LogP contribution in [0.15, 0.2) is 34.2 Å². The number of hydrogen-bond acceptors (Lipinski definition) is 4. The molecule has 1 heterocycles. The molecule has 0 spiro atoms. The monoisotopic (exact) mass is 532 g/mol. The lowest BCUT2D eigenvalue weighted by Crippen LogP contribution is -2.21. The van der Waals surface area contributed by atoms with Crippen LogP contribution in [0.5, 0.6) is 5.75 Å². The fourth-order valence-electron chi connectivity index (χ4n) is 5.37. The molecule has 1 fully saturated rings. The number of aliphatic imine (C=N–C) groups is 1. The van der Waals surface area contributed by atoms with Crippen molar-refractivity contribution in [3.8, 4) is 5.75 Å². The molecule has 3 nitrogen and oxygen atoms in total. The van der Waals surface area contributed by atoms with E-state index in [0.29, 0.717) is 18.2 Å². The van der Waals surface area contributed by atoms with Gasteiger partial charge in [-0.05, 0) is 61.5 Å². The summed E-state index contributed by atoms with van der Waals surface area (Å²) in [7, 11) is 0. The van der Waals surface area contributed by atoms with E-state index in [2.05, 4.69) is 35.7 Å². The first-order chi connectivity index (χ1) is 18.0. The fourth-order valence-corrected chi connectivity index (χ4v) is 6.14. The van der Waals surface area contributed by atoms with E-state index in [9.17, 15) is 8.78 Å². The van der Waals surface area contributed by atoms with Gasteiger partial charge in [-0.3, -0.25) is 0 Å². The Morgan fingerprint density at radius 1 is 0.865 bits per heavy atom. The van der Waals surface area contributed by atoms with E-state index < -0.39 is 23.2 Å². The van der Waals surface area contributed by atoms with Crippen LogP contribution in [0.2, 0.25) is 0 Å². The van der Waals surface area contributed by atoms with Crippen LogP contribution in [0.25, 0.3) is 0 Å². The Morgan fingerprint density at radius 3 is 2.27 bits per heavy atom. The van der Waals surface area contributed by atoms with Crippen molar-refractivity contribution in [2.24, 2.45) is 10.9 Å². The molecule has 2 aliphatic rings. The summed E-state index contributed by atoms with van der Waals surface area (Å²) in [5, 5.41) is 0. The van der Waals surface area contributed by atoms with Crippen molar-refractivity contribution in [2.75, 3.05) is 6.61 Å². The Bertz CT molecular complexity index is 1070. The first-order valence-corrected chi connectivity index (χ1v) is 14.8. The second-order valence-electron chi connectivity index (χ2n) is 10.4. The maximum Gasteiger partial charge on any atom is 0.206 e. The third-order valence-electron chi connectivity index (χ3n) is 7.65. The van der Waals surface area contributed by atoms with Gasteiger partial charge in [-0.15, -0.1) is 0 Å². The average molecular weight is 533 g/mol. The van der Waals surface area contributed by atoms with E-state index in [4.69, 9.17) is 4.74 Å². The van der Waals surface area contributed by atoms with Crippen molar-refractivity contribution in [1.82, 2.24) is 4.72 Å². The normalized spacial score (nSPS) is 19.2. The van der Waals surface area contributed by atoms with Crippen LogP contribution in [-0.4, -0.2) is 12.4 Å². The zero-order chi connectivity index (χ0) is 26.2. The standard InChI is InChI=1S/C30H39F3N2OS/c1-3-5-7-9-19-36-28-25(32)24(31)27-29(26(28)33)37-35-30(34-27)23-17-15-22(16-18-23)21-13-11-20(12-14-21)10-8-6-4-2/h15-18,20-21H,3-14,19H2,1-2H3,(H,34,35). The molecule has 2 aromatic carbocycles. The lowest BCUT2D eigenvalue weighted by Gasteiger charge is -2.29. The number of halogens is 3. The molecule has 0 unspecified atom stereocenters. The van der Waals surface area contributed by atoms with Gasteiger partial charge in [0.2, 0.25) is 5.82 Å². The number of fused-ring (bicyclic) bond motifs is 1. The third kappa shape index (κ3) is 6.84. The van der Waals surface area contributed by atoms with Crippen LogP contribution in [-0.2, 0) is 0 Å². The van der Waals surface area contributed by atoms with Crippen molar-refractivity contribution in [3.63, 3.8) is 0 Å². The minimum absolute atomic E-state index is 0.0847. The van der Waals surface area contributed by atoms with Crippen LogP contribution in [0.3, 0.4) is 0 Å². The van der Waals surface area contributed by atoms with Crippen LogP contribution in [0, 0.1) is 23.4 Å². The van der Waals surface area contributed by atoms with Gasteiger partial charge in [0, 0.05) is 5.56 Å². The lowest BCUT2D eigenvalue weighted by molar-refractivity contribution is 0.267. The molecule has 1 N–H and O–H groups in total. The summed E-state index contributed by atoms with van der Waals surface area (Å²) >= 11 is 0.901. The van der Waals surface area contributed by atoms with Gasteiger partial charge in [-0.1, -0.05) is 83.1 Å². The SMILES string of the molecule is CCCCCCOc1c(F)c(F)c2c(c1F)SNC(c1ccc(C3CCC(CCCCC)CC3)cc1)=N2. The zero-order valence-electron chi connectivity index (χ0n) is 22.1. The Kier molecular flexibility index (Phi) is 10.2. The summed E-state index contributed by atoms with van der Waals surface area (Å²) in [5.74, 6) is -2.27. The van der Waals surface area contributed by atoms with Crippen molar-refractivity contribution in [3.05, 3.63) is 52.8 Å². The molecule has 0 amide bonds. The quantitative estimate of drug-likeness (QED) is 0.168. The van der Waals surface area contributed by atoms with Gasteiger partial charge < -0.3 is 9.46 Å². The van der Waals surface area contributed by atoms with Crippen molar-refractivity contribution >= 4 is 23.5 Å². The number of ether oxygens (including phenoxy) is 1. The molecular formula is C30H39F3N2OS. The summed E-state index contributed by atoms with van der Waals surface area (Å²) in [6.45, 7) is 4.47. The average Bonchev–Trinajstić information content (AvgIpc) is 2.93. The summed E-state index contributed by atoms with van der Waals surface area (Å²) in [6.07, 6.45) is 13.9. The van der Waals surface area contributed by atoms with Crippen LogP contribution in [0.1, 0.15) is 108 Å². The van der Waals surface area contributed by atoms with E-state index in [1.165, 1.54) is 56.9 Å². The van der Waals surface area contributed by atoms with Crippen LogP contribution < -0.4 is 9.46 Å². The zero-order valence-corrected chi connectivity index (χ0v) is 22.9. The minimum Gasteiger partial charge on any atom is -0.488 e. The Labute approximate surface area is 223 Å². The topological polar surface area (TPSA) is 33.6 Å². The van der Waals surface area contributed by atoms with Gasteiger partial charge in [0.1, 0.15) is 11.5 Å². The number of benzene rings is 2. The Morgan fingerprint density at radius 2 is 1.57 bits per heavy atom. The summed E-state index contributed by atoms with van der Waals surface area (Å²) in [5.41, 5.74) is 1.74.